The molecule has 0 amide bonds. The first-order valence-corrected chi connectivity index (χ1v) is 7.15. The van der Waals surface area contributed by atoms with Gasteiger partial charge in [-0.3, -0.25) is 4.79 Å². The van der Waals surface area contributed by atoms with Gasteiger partial charge in [0.15, 0.2) is 0 Å². The lowest BCUT2D eigenvalue weighted by Gasteiger charge is -2.32. The molecule has 0 heterocycles. The minimum atomic E-state index is -0.606. The molecule has 3 heteroatoms. The van der Waals surface area contributed by atoms with Gasteiger partial charge in [0.25, 0.3) is 0 Å². The van der Waals surface area contributed by atoms with E-state index in [2.05, 4.69) is 12.2 Å². The van der Waals surface area contributed by atoms with Crippen LogP contribution in [0.2, 0.25) is 0 Å². The van der Waals surface area contributed by atoms with Crippen LogP contribution < -0.4 is 5.32 Å². The SMILES string of the molecule is C[C@@H](NC1CCCC(C(=O)O)C1)C1CCCC1. The fourth-order valence-corrected chi connectivity index (χ4v) is 3.53. The van der Waals surface area contributed by atoms with Crippen LogP contribution in [0.25, 0.3) is 0 Å². The van der Waals surface area contributed by atoms with Crippen LogP contribution in [-0.4, -0.2) is 23.2 Å². The van der Waals surface area contributed by atoms with E-state index in [0.29, 0.717) is 12.1 Å². The van der Waals surface area contributed by atoms with Crippen LogP contribution in [0.4, 0.5) is 0 Å². The first-order valence-electron chi connectivity index (χ1n) is 7.15. The lowest BCUT2D eigenvalue weighted by Crippen LogP contribution is -2.43. The van der Waals surface area contributed by atoms with Crippen molar-refractivity contribution in [3.05, 3.63) is 0 Å². The zero-order chi connectivity index (χ0) is 12.3. The van der Waals surface area contributed by atoms with Crippen LogP contribution in [0, 0.1) is 11.8 Å². The quantitative estimate of drug-likeness (QED) is 0.793. The van der Waals surface area contributed by atoms with E-state index in [1.807, 2.05) is 0 Å². The highest BCUT2D eigenvalue weighted by Crippen LogP contribution is 2.30. The molecule has 2 aliphatic carbocycles. The van der Waals surface area contributed by atoms with Crippen molar-refractivity contribution in [3.8, 4) is 0 Å². The summed E-state index contributed by atoms with van der Waals surface area (Å²) in [6.07, 6.45) is 9.36. The van der Waals surface area contributed by atoms with Gasteiger partial charge in [-0.15, -0.1) is 0 Å². The summed E-state index contributed by atoms with van der Waals surface area (Å²) in [7, 11) is 0. The van der Waals surface area contributed by atoms with E-state index in [1.54, 1.807) is 0 Å². The van der Waals surface area contributed by atoms with Gasteiger partial charge in [-0.1, -0.05) is 19.3 Å². The maximum absolute atomic E-state index is 11.0. The largest absolute Gasteiger partial charge is 0.481 e. The number of hydrogen-bond acceptors (Lipinski definition) is 2. The van der Waals surface area contributed by atoms with Gasteiger partial charge in [0, 0.05) is 12.1 Å². The highest BCUT2D eigenvalue weighted by Gasteiger charge is 2.29. The lowest BCUT2D eigenvalue weighted by molar-refractivity contribution is -0.143. The van der Waals surface area contributed by atoms with Gasteiger partial charge in [0.1, 0.15) is 0 Å². The maximum atomic E-state index is 11.0. The zero-order valence-corrected chi connectivity index (χ0v) is 10.8. The van der Waals surface area contributed by atoms with Crippen LogP contribution >= 0.6 is 0 Å². The van der Waals surface area contributed by atoms with Crippen molar-refractivity contribution in [3.63, 3.8) is 0 Å². The molecule has 0 aliphatic heterocycles. The Bertz CT molecular complexity index is 261. The van der Waals surface area contributed by atoms with Gasteiger partial charge >= 0.3 is 5.97 Å². The predicted octanol–water partition coefficient (Wildman–Crippen LogP) is 2.80. The normalized spacial score (nSPS) is 32.5. The van der Waals surface area contributed by atoms with Gasteiger partial charge in [-0.2, -0.15) is 0 Å². The highest BCUT2D eigenvalue weighted by molar-refractivity contribution is 5.70. The predicted molar refractivity (Wildman–Crippen MR) is 67.9 cm³/mol. The molecule has 0 radical (unpaired) electrons. The van der Waals surface area contributed by atoms with Gasteiger partial charge in [0.2, 0.25) is 0 Å². The molecule has 0 saturated heterocycles. The fourth-order valence-electron chi connectivity index (χ4n) is 3.53. The topological polar surface area (TPSA) is 49.3 Å². The standard InChI is InChI=1S/C14H25NO2/c1-10(11-5-2-3-6-11)15-13-8-4-7-12(9-13)14(16)17/h10-13,15H,2-9H2,1H3,(H,16,17)/t10-,12?,13?/m1/s1. The second-order valence-electron chi connectivity index (χ2n) is 5.90. The molecule has 2 saturated carbocycles. The molecule has 3 nitrogen and oxygen atoms in total. The van der Waals surface area contributed by atoms with Crippen LogP contribution in [0.3, 0.4) is 0 Å². The van der Waals surface area contributed by atoms with Crippen LogP contribution in [0.1, 0.15) is 58.3 Å². The molecule has 2 rings (SSSR count). The Balaban J connectivity index is 1.79. The molecule has 2 N–H and O–H groups in total. The summed E-state index contributed by atoms with van der Waals surface area (Å²) in [5, 5.41) is 12.8. The minimum Gasteiger partial charge on any atom is -0.481 e. The molecule has 2 aliphatic rings. The van der Waals surface area contributed by atoms with E-state index in [9.17, 15) is 4.79 Å². The van der Waals surface area contributed by atoms with Gasteiger partial charge in [0.05, 0.1) is 5.92 Å². The average Bonchev–Trinajstić information content (AvgIpc) is 2.82. The molecule has 2 unspecified atom stereocenters. The maximum Gasteiger partial charge on any atom is 0.306 e. The molecular weight excluding hydrogens is 214 g/mol. The van der Waals surface area contributed by atoms with E-state index in [1.165, 1.54) is 25.7 Å². The van der Waals surface area contributed by atoms with Crippen LogP contribution in [0.15, 0.2) is 0 Å². The number of carbonyl (C=O) groups is 1. The summed E-state index contributed by atoms with van der Waals surface area (Å²) in [6.45, 7) is 2.28. The third kappa shape index (κ3) is 3.44. The van der Waals surface area contributed by atoms with Crippen molar-refractivity contribution < 1.29 is 9.90 Å². The van der Waals surface area contributed by atoms with Crippen molar-refractivity contribution in [2.24, 2.45) is 11.8 Å². The Kier molecular flexibility index (Phi) is 4.43. The Hall–Kier alpha value is -0.570. The molecule has 0 spiro atoms. The molecule has 0 aromatic rings. The number of carboxylic acid groups (broad SMARTS) is 1. The van der Waals surface area contributed by atoms with E-state index in [0.717, 1.165) is 31.6 Å². The summed E-state index contributed by atoms with van der Waals surface area (Å²) in [4.78, 5) is 11.0. The van der Waals surface area contributed by atoms with Crippen molar-refractivity contribution in [1.29, 1.82) is 0 Å². The van der Waals surface area contributed by atoms with Crippen molar-refractivity contribution in [2.75, 3.05) is 0 Å². The summed E-state index contributed by atoms with van der Waals surface area (Å²) >= 11 is 0. The average molecular weight is 239 g/mol. The van der Waals surface area contributed by atoms with Crippen molar-refractivity contribution in [1.82, 2.24) is 5.32 Å². The van der Waals surface area contributed by atoms with E-state index in [-0.39, 0.29) is 5.92 Å². The van der Waals surface area contributed by atoms with E-state index < -0.39 is 5.97 Å². The number of hydrogen-bond donors (Lipinski definition) is 2. The van der Waals surface area contributed by atoms with Gasteiger partial charge in [-0.25, -0.2) is 0 Å². The van der Waals surface area contributed by atoms with Crippen molar-refractivity contribution in [2.45, 2.75) is 70.4 Å². The first kappa shape index (κ1) is 12.9. The zero-order valence-electron chi connectivity index (χ0n) is 10.8. The number of nitrogens with one attached hydrogen (secondary N) is 1. The minimum absolute atomic E-state index is 0.114. The Morgan fingerprint density at radius 3 is 2.53 bits per heavy atom. The Morgan fingerprint density at radius 1 is 1.18 bits per heavy atom. The summed E-state index contributed by atoms with van der Waals surface area (Å²) in [5.74, 6) is 0.0993. The lowest BCUT2D eigenvalue weighted by atomic mass is 9.85. The summed E-state index contributed by atoms with van der Waals surface area (Å²) in [5.41, 5.74) is 0. The van der Waals surface area contributed by atoms with E-state index >= 15 is 0 Å². The second kappa shape index (κ2) is 5.85. The smallest absolute Gasteiger partial charge is 0.306 e. The van der Waals surface area contributed by atoms with E-state index in [4.69, 9.17) is 5.11 Å². The monoisotopic (exact) mass is 239 g/mol. The molecular formula is C14H25NO2. The third-order valence-corrected chi connectivity index (χ3v) is 4.63. The summed E-state index contributed by atoms with van der Waals surface area (Å²) < 4.78 is 0. The first-order chi connectivity index (χ1) is 8.16. The van der Waals surface area contributed by atoms with Crippen LogP contribution in [0.5, 0.6) is 0 Å². The molecule has 2 fully saturated rings. The molecule has 98 valence electrons. The number of aliphatic carboxylic acids is 1. The third-order valence-electron chi connectivity index (χ3n) is 4.63. The number of rotatable bonds is 4. The van der Waals surface area contributed by atoms with Crippen molar-refractivity contribution >= 4 is 5.97 Å². The molecule has 17 heavy (non-hydrogen) atoms. The number of carboxylic acids is 1. The molecule has 0 aromatic carbocycles. The second-order valence-corrected chi connectivity index (χ2v) is 5.90. The van der Waals surface area contributed by atoms with Gasteiger partial charge < -0.3 is 10.4 Å². The Labute approximate surface area is 104 Å². The summed E-state index contributed by atoms with van der Waals surface area (Å²) in [6, 6.07) is 0.996. The van der Waals surface area contributed by atoms with Crippen LogP contribution in [-0.2, 0) is 4.79 Å². The molecule has 0 aromatic heterocycles. The highest BCUT2D eigenvalue weighted by atomic mass is 16.4. The molecule has 0 bridgehead atoms. The Morgan fingerprint density at radius 2 is 1.88 bits per heavy atom. The fraction of sp³-hybridized carbons (Fsp3) is 0.929. The molecule has 3 atom stereocenters. The van der Waals surface area contributed by atoms with Gasteiger partial charge in [-0.05, 0) is 44.9 Å².